The lowest BCUT2D eigenvalue weighted by atomic mass is 9.76. The Morgan fingerprint density at radius 2 is 2.00 bits per heavy atom. The third kappa shape index (κ3) is 3.83. The minimum Gasteiger partial charge on any atom is -0.468 e. The highest BCUT2D eigenvalue weighted by atomic mass is 16.5. The van der Waals surface area contributed by atoms with Crippen LogP contribution in [0.2, 0.25) is 0 Å². The predicted octanol–water partition coefficient (Wildman–Crippen LogP) is 0.870. The number of rotatable bonds is 5. The summed E-state index contributed by atoms with van der Waals surface area (Å²) in [7, 11) is 4.48. The fraction of sp³-hybridized carbons (Fsp3) is 0.667. The van der Waals surface area contributed by atoms with Crippen molar-refractivity contribution in [2.45, 2.75) is 32.6 Å². The maximum Gasteiger partial charge on any atom is 0.325 e. The van der Waals surface area contributed by atoms with Gasteiger partial charge in [0.05, 0.1) is 13.7 Å². The number of nitrogens with one attached hydrogen (secondary N) is 1. The molecule has 0 bridgehead atoms. The first kappa shape index (κ1) is 17.2. The minimum atomic E-state index is -1.36. The van der Waals surface area contributed by atoms with E-state index in [4.69, 9.17) is 4.74 Å². The highest BCUT2D eigenvalue weighted by Crippen LogP contribution is 2.35. The fourth-order valence-electron chi connectivity index (χ4n) is 2.36. The first-order chi connectivity index (χ1) is 9.83. The van der Waals surface area contributed by atoms with Gasteiger partial charge in [0.25, 0.3) is 0 Å². The van der Waals surface area contributed by atoms with E-state index in [1.54, 1.807) is 21.0 Å². The van der Waals surface area contributed by atoms with Crippen molar-refractivity contribution in [3.05, 3.63) is 11.6 Å². The molecule has 1 unspecified atom stereocenters. The van der Waals surface area contributed by atoms with Crippen molar-refractivity contribution < 1.29 is 19.1 Å². The summed E-state index contributed by atoms with van der Waals surface area (Å²) in [5.74, 6) is -1.31. The molecule has 1 rings (SSSR count). The number of hydrogen-bond donors (Lipinski definition) is 1. The van der Waals surface area contributed by atoms with Crippen molar-refractivity contribution >= 4 is 17.8 Å². The molecule has 0 aromatic carbocycles. The number of methoxy groups -OCH3 is 1. The molecule has 0 aliphatic heterocycles. The van der Waals surface area contributed by atoms with Gasteiger partial charge in [0.2, 0.25) is 11.8 Å². The molecular weight excluding hydrogens is 272 g/mol. The van der Waals surface area contributed by atoms with Crippen LogP contribution in [0.5, 0.6) is 0 Å². The molecule has 0 saturated carbocycles. The molecule has 0 fully saturated rings. The van der Waals surface area contributed by atoms with Gasteiger partial charge >= 0.3 is 5.97 Å². The third-order valence-corrected chi connectivity index (χ3v) is 3.88. The molecule has 21 heavy (non-hydrogen) atoms. The maximum atomic E-state index is 12.5. The first-order valence-corrected chi connectivity index (χ1v) is 7.10. The molecule has 0 aromatic heterocycles. The Labute approximate surface area is 125 Å². The van der Waals surface area contributed by atoms with E-state index in [9.17, 15) is 14.4 Å². The van der Waals surface area contributed by atoms with Crippen LogP contribution in [0.25, 0.3) is 0 Å². The van der Waals surface area contributed by atoms with Crippen LogP contribution in [0.3, 0.4) is 0 Å². The summed E-state index contributed by atoms with van der Waals surface area (Å²) in [5.41, 5.74) is -0.586. The summed E-state index contributed by atoms with van der Waals surface area (Å²) in [6.45, 7) is 1.43. The largest absolute Gasteiger partial charge is 0.468 e. The van der Waals surface area contributed by atoms with Gasteiger partial charge in [0, 0.05) is 14.1 Å². The van der Waals surface area contributed by atoms with Gasteiger partial charge in [0.1, 0.15) is 0 Å². The third-order valence-electron chi connectivity index (χ3n) is 3.88. The topological polar surface area (TPSA) is 75.7 Å². The zero-order valence-electron chi connectivity index (χ0n) is 13.2. The highest BCUT2D eigenvalue weighted by Gasteiger charge is 2.45. The summed E-state index contributed by atoms with van der Waals surface area (Å²) in [6.07, 6.45) is 5.49. The van der Waals surface area contributed by atoms with Crippen molar-refractivity contribution in [1.29, 1.82) is 0 Å². The smallest absolute Gasteiger partial charge is 0.325 e. The second kappa shape index (κ2) is 7.24. The summed E-state index contributed by atoms with van der Waals surface area (Å²) in [6, 6.07) is 0. The molecule has 6 heteroatoms. The molecule has 1 atom stereocenters. The van der Waals surface area contributed by atoms with Crippen LogP contribution in [-0.2, 0) is 19.1 Å². The van der Waals surface area contributed by atoms with E-state index in [-0.39, 0.29) is 12.5 Å². The van der Waals surface area contributed by atoms with Gasteiger partial charge in [-0.3, -0.25) is 14.4 Å². The highest BCUT2D eigenvalue weighted by molar-refractivity contribution is 6.06. The van der Waals surface area contributed by atoms with E-state index >= 15 is 0 Å². The number of carbonyl (C=O) groups is 3. The fourth-order valence-corrected chi connectivity index (χ4v) is 2.36. The Morgan fingerprint density at radius 1 is 1.33 bits per heavy atom. The summed E-state index contributed by atoms with van der Waals surface area (Å²) in [4.78, 5) is 37.6. The van der Waals surface area contributed by atoms with Gasteiger partial charge in [-0.15, -0.1) is 0 Å². The van der Waals surface area contributed by atoms with Crippen molar-refractivity contribution in [2.75, 3.05) is 27.7 Å². The van der Waals surface area contributed by atoms with Crippen LogP contribution < -0.4 is 5.32 Å². The maximum absolute atomic E-state index is 12.5. The number of esters is 1. The molecule has 0 heterocycles. The zero-order valence-corrected chi connectivity index (χ0v) is 13.2. The number of ether oxygens (including phenoxy) is 1. The first-order valence-electron chi connectivity index (χ1n) is 7.10. The average molecular weight is 296 g/mol. The molecule has 1 aliphatic carbocycles. The Hall–Kier alpha value is -1.85. The molecule has 0 saturated heterocycles. The Kier molecular flexibility index (Phi) is 5.93. The minimum absolute atomic E-state index is 0.133. The van der Waals surface area contributed by atoms with Gasteiger partial charge in [-0.1, -0.05) is 6.08 Å². The van der Waals surface area contributed by atoms with Crippen molar-refractivity contribution in [3.8, 4) is 0 Å². The van der Waals surface area contributed by atoms with Crippen LogP contribution in [-0.4, -0.2) is 50.4 Å². The predicted molar refractivity (Wildman–Crippen MR) is 78.4 cm³/mol. The van der Waals surface area contributed by atoms with Gasteiger partial charge in [-0.2, -0.15) is 0 Å². The van der Waals surface area contributed by atoms with E-state index in [0.717, 1.165) is 24.8 Å². The molecule has 2 amide bonds. The molecule has 1 N–H and O–H groups in total. The lowest BCUT2D eigenvalue weighted by Gasteiger charge is -2.30. The summed E-state index contributed by atoms with van der Waals surface area (Å²) in [5, 5.41) is 2.55. The number of amides is 2. The van der Waals surface area contributed by atoms with Gasteiger partial charge in [-0.05, 0) is 38.2 Å². The molecule has 6 nitrogen and oxygen atoms in total. The molecule has 0 spiro atoms. The molecule has 0 aromatic rings. The number of carbonyl (C=O) groups excluding carboxylic acids is 3. The van der Waals surface area contributed by atoms with Crippen LogP contribution in [0.4, 0.5) is 0 Å². The quantitative estimate of drug-likeness (QED) is 0.464. The second-order valence-electron chi connectivity index (χ2n) is 5.56. The lowest BCUT2D eigenvalue weighted by molar-refractivity contribution is -0.155. The van der Waals surface area contributed by atoms with Gasteiger partial charge < -0.3 is 15.0 Å². The zero-order chi connectivity index (χ0) is 16.0. The van der Waals surface area contributed by atoms with Crippen LogP contribution in [0.1, 0.15) is 32.6 Å². The number of hydrogen-bond acceptors (Lipinski definition) is 4. The van der Waals surface area contributed by atoms with Crippen LogP contribution in [0, 0.1) is 5.41 Å². The Balaban J connectivity index is 2.91. The summed E-state index contributed by atoms with van der Waals surface area (Å²) < 4.78 is 4.81. The van der Waals surface area contributed by atoms with E-state index in [1.165, 1.54) is 12.0 Å². The molecular formula is C15H24N2O4. The number of nitrogens with zero attached hydrogens (tertiary/aromatic N) is 1. The van der Waals surface area contributed by atoms with Crippen molar-refractivity contribution in [2.24, 2.45) is 5.41 Å². The van der Waals surface area contributed by atoms with Crippen LogP contribution in [0.15, 0.2) is 11.6 Å². The standard InChI is InChI=1S/C15H24N2O4/c1-15(14(20)21-4,11-8-6-5-7-9-11)13(19)16-10-12(18)17(2)3/h8H,5-7,9-10H2,1-4H3,(H,16,19). The van der Waals surface area contributed by atoms with Crippen molar-refractivity contribution in [3.63, 3.8) is 0 Å². The van der Waals surface area contributed by atoms with Gasteiger partial charge in [-0.25, -0.2) is 0 Å². The van der Waals surface area contributed by atoms with Crippen LogP contribution >= 0.6 is 0 Å². The molecule has 0 radical (unpaired) electrons. The normalized spacial score (nSPS) is 17.2. The van der Waals surface area contributed by atoms with Gasteiger partial charge in [0.15, 0.2) is 5.41 Å². The van der Waals surface area contributed by atoms with Crippen molar-refractivity contribution in [1.82, 2.24) is 10.2 Å². The molecule has 118 valence electrons. The van der Waals surface area contributed by atoms with E-state index in [0.29, 0.717) is 6.42 Å². The van der Waals surface area contributed by atoms with E-state index < -0.39 is 17.3 Å². The average Bonchev–Trinajstić information content (AvgIpc) is 2.51. The Bertz CT molecular complexity index is 457. The Morgan fingerprint density at radius 3 is 2.48 bits per heavy atom. The summed E-state index contributed by atoms with van der Waals surface area (Å²) >= 11 is 0. The number of likely N-dealkylation sites (N-methyl/N-ethyl adjacent to an activating group) is 1. The number of allylic oxidation sites excluding steroid dienone is 1. The van der Waals surface area contributed by atoms with E-state index in [2.05, 4.69) is 5.32 Å². The molecule has 1 aliphatic rings. The SMILES string of the molecule is COC(=O)C(C)(C(=O)NCC(=O)N(C)C)C1=CCCCC1. The van der Waals surface area contributed by atoms with E-state index in [1.807, 2.05) is 6.08 Å². The lowest BCUT2D eigenvalue weighted by Crippen LogP contribution is -2.49. The second-order valence-corrected chi connectivity index (χ2v) is 5.56. The monoisotopic (exact) mass is 296 g/mol.